The molecule has 0 amide bonds. The number of hydrogen-bond donors (Lipinski definition) is 2. The highest BCUT2D eigenvalue weighted by molar-refractivity contribution is 5.60. The zero-order valence-electron chi connectivity index (χ0n) is 13.1. The summed E-state index contributed by atoms with van der Waals surface area (Å²) < 4.78 is 5.54. The van der Waals surface area contributed by atoms with E-state index in [0.717, 1.165) is 31.8 Å². The number of hydrogen-bond acceptors (Lipinski definition) is 4. The molecule has 0 heterocycles. The summed E-state index contributed by atoms with van der Waals surface area (Å²) in [4.78, 5) is 2.29. The molecule has 20 heavy (non-hydrogen) atoms. The first-order chi connectivity index (χ1) is 9.69. The summed E-state index contributed by atoms with van der Waals surface area (Å²) in [7, 11) is 1.71. The number of rotatable bonds is 9. The highest BCUT2D eigenvalue weighted by atomic mass is 16.5. The van der Waals surface area contributed by atoms with E-state index < -0.39 is 0 Å². The Kier molecular flexibility index (Phi) is 7.41. The van der Waals surface area contributed by atoms with Gasteiger partial charge in [0.15, 0.2) is 0 Å². The van der Waals surface area contributed by atoms with Crippen LogP contribution in [0.2, 0.25) is 0 Å². The van der Waals surface area contributed by atoms with Gasteiger partial charge in [-0.05, 0) is 38.9 Å². The predicted octanol–water partition coefficient (Wildman–Crippen LogP) is 2.57. The van der Waals surface area contributed by atoms with Crippen LogP contribution in [-0.4, -0.2) is 38.5 Å². The van der Waals surface area contributed by atoms with E-state index in [2.05, 4.69) is 37.1 Å². The second kappa shape index (κ2) is 8.82. The molecule has 0 aliphatic carbocycles. The molecular formula is C16H28N2O2. The first kappa shape index (κ1) is 16.8. The van der Waals surface area contributed by atoms with Crippen LogP contribution in [0, 0.1) is 0 Å². The van der Waals surface area contributed by atoms with E-state index in [-0.39, 0.29) is 12.6 Å². The molecule has 114 valence electrons. The van der Waals surface area contributed by atoms with Crippen LogP contribution in [-0.2, 0) is 0 Å². The fraction of sp³-hybridized carbons (Fsp3) is 0.625. The van der Waals surface area contributed by atoms with Crippen molar-refractivity contribution in [3.8, 4) is 5.75 Å². The maximum absolute atomic E-state index is 9.06. The lowest BCUT2D eigenvalue weighted by Gasteiger charge is -2.29. The Hall–Kier alpha value is -1.26. The van der Waals surface area contributed by atoms with Gasteiger partial charge in [-0.3, -0.25) is 0 Å². The van der Waals surface area contributed by atoms with Crippen molar-refractivity contribution in [2.45, 2.75) is 33.2 Å². The standard InChI is InChI=1S/C16H28N2O2/c1-5-17-13(3)16-14(9-7-10-15(16)20-4)18(6-2)11-8-12-19/h7,9-10,13,17,19H,5-6,8,11-12H2,1-4H3. The lowest BCUT2D eigenvalue weighted by molar-refractivity contribution is 0.289. The minimum absolute atomic E-state index is 0.221. The van der Waals surface area contributed by atoms with Crippen molar-refractivity contribution in [2.75, 3.05) is 38.3 Å². The summed E-state index contributed by atoms with van der Waals surface area (Å²) in [5, 5.41) is 12.5. The summed E-state index contributed by atoms with van der Waals surface area (Å²) in [5.41, 5.74) is 2.38. The highest BCUT2D eigenvalue weighted by Gasteiger charge is 2.18. The normalized spacial score (nSPS) is 12.2. The molecule has 0 saturated heterocycles. The van der Waals surface area contributed by atoms with Gasteiger partial charge < -0.3 is 20.1 Å². The Bertz CT molecular complexity index is 396. The zero-order valence-corrected chi connectivity index (χ0v) is 13.1. The fourth-order valence-corrected chi connectivity index (χ4v) is 2.54. The lowest BCUT2D eigenvalue weighted by atomic mass is 10.0. The Morgan fingerprint density at radius 2 is 2.10 bits per heavy atom. The van der Waals surface area contributed by atoms with Crippen molar-refractivity contribution < 1.29 is 9.84 Å². The number of benzene rings is 1. The molecule has 0 aromatic heterocycles. The first-order valence-corrected chi connectivity index (χ1v) is 7.45. The van der Waals surface area contributed by atoms with Crippen LogP contribution < -0.4 is 15.0 Å². The van der Waals surface area contributed by atoms with Crippen molar-refractivity contribution >= 4 is 5.69 Å². The summed E-state index contributed by atoms with van der Waals surface area (Å²) in [5.74, 6) is 0.915. The van der Waals surface area contributed by atoms with E-state index in [9.17, 15) is 0 Å². The number of aliphatic hydroxyl groups is 1. The monoisotopic (exact) mass is 280 g/mol. The molecule has 0 saturated carbocycles. The van der Waals surface area contributed by atoms with Crippen molar-refractivity contribution in [3.05, 3.63) is 23.8 Å². The van der Waals surface area contributed by atoms with Gasteiger partial charge in [0, 0.05) is 37.0 Å². The Morgan fingerprint density at radius 3 is 2.65 bits per heavy atom. The van der Waals surface area contributed by atoms with Crippen LogP contribution >= 0.6 is 0 Å². The third-order valence-electron chi connectivity index (χ3n) is 3.51. The van der Waals surface area contributed by atoms with Crippen molar-refractivity contribution in [2.24, 2.45) is 0 Å². The van der Waals surface area contributed by atoms with E-state index in [4.69, 9.17) is 9.84 Å². The van der Waals surface area contributed by atoms with E-state index >= 15 is 0 Å². The van der Waals surface area contributed by atoms with Crippen molar-refractivity contribution in [1.82, 2.24) is 5.32 Å². The van der Waals surface area contributed by atoms with Crippen LogP contribution in [0.5, 0.6) is 5.75 Å². The van der Waals surface area contributed by atoms with Gasteiger partial charge in [-0.15, -0.1) is 0 Å². The second-order valence-electron chi connectivity index (χ2n) is 4.83. The fourth-order valence-electron chi connectivity index (χ4n) is 2.54. The molecule has 1 unspecified atom stereocenters. The van der Waals surface area contributed by atoms with E-state index in [1.165, 1.54) is 11.3 Å². The third kappa shape index (κ3) is 4.12. The maximum atomic E-state index is 9.06. The Labute approximate surface area is 122 Å². The molecule has 0 spiro atoms. The molecule has 0 aliphatic heterocycles. The molecule has 1 aromatic rings. The van der Waals surface area contributed by atoms with Crippen LogP contribution in [0.4, 0.5) is 5.69 Å². The minimum atomic E-state index is 0.221. The largest absolute Gasteiger partial charge is 0.496 e. The van der Waals surface area contributed by atoms with Crippen LogP contribution in [0.3, 0.4) is 0 Å². The van der Waals surface area contributed by atoms with Crippen LogP contribution in [0.1, 0.15) is 38.8 Å². The minimum Gasteiger partial charge on any atom is -0.496 e. The zero-order chi connectivity index (χ0) is 15.0. The van der Waals surface area contributed by atoms with Gasteiger partial charge in [0.2, 0.25) is 0 Å². The number of ether oxygens (including phenoxy) is 1. The summed E-state index contributed by atoms with van der Waals surface area (Å²) in [6, 6.07) is 6.39. The Morgan fingerprint density at radius 1 is 1.35 bits per heavy atom. The number of nitrogens with zero attached hydrogens (tertiary/aromatic N) is 1. The quantitative estimate of drug-likeness (QED) is 0.730. The van der Waals surface area contributed by atoms with Gasteiger partial charge in [0.05, 0.1) is 7.11 Å². The number of methoxy groups -OCH3 is 1. The van der Waals surface area contributed by atoms with E-state index in [1.54, 1.807) is 7.11 Å². The van der Waals surface area contributed by atoms with E-state index in [0.29, 0.717) is 0 Å². The molecule has 0 radical (unpaired) electrons. The molecule has 1 rings (SSSR count). The molecule has 4 nitrogen and oxygen atoms in total. The predicted molar refractivity (Wildman–Crippen MR) is 84.7 cm³/mol. The SMILES string of the molecule is CCNC(C)c1c(OC)cccc1N(CC)CCCO. The van der Waals surface area contributed by atoms with Crippen molar-refractivity contribution in [3.63, 3.8) is 0 Å². The topological polar surface area (TPSA) is 44.7 Å². The van der Waals surface area contributed by atoms with Gasteiger partial charge >= 0.3 is 0 Å². The number of nitrogens with one attached hydrogen (secondary N) is 1. The molecular weight excluding hydrogens is 252 g/mol. The maximum Gasteiger partial charge on any atom is 0.125 e. The van der Waals surface area contributed by atoms with Crippen molar-refractivity contribution in [1.29, 1.82) is 0 Å². The molecule has 0 aliphatic rings. The molecule has 0 fully saturated rings. The first-order valence-electron chi connectivity index (χ1n) is 7.45. The number of anilines is 1. The van der Waals surface area contributed by atoms with Gasteiger partial charge in [-0.2, -0.15) is 0 Å². The summed E-state index contributed by atoms with van der Waals surface area (Å²) >= 11 is 0. The van der Waals surface area contributed by atoms with Gasteiger partial charge in [0.25, 0.3) is 0 Å². The third-order valence-corrected chi connectivity index (χ3v) is 3.51. The second-order valence-corrected chi connectivity index (χ2v) is 4.83. The van der Waals surface area contributed by atoms with Crippen LogP contribution in [0.25, 0.3) is 0 Å². The summed E-state index contributed by atoms with van der Waals surface area (Å²) in [6.07, 6.45) is 0.778. The van der Waals surface area contributed by atoms with Crippen LogP contribution in [0.15, 0.2) is 18.2 Å². The summed E-state index contributed by atoms with van der Waals surface area (Å²) in [6.45, 7) is 9.31. The average molecular weight is 280 g/mol. The highest BCUT2D eigenvalue weighted by Crippen LogP contribution is 2.34. The number of aliphatic hydroxyl groups excluding tert-OH is 1. The smallest absolute Gasteiger partial charge is 0.125 e. The van der Waals surface area contributed by atoms with Gasteiger partial charge in [0.1, 0.15) is 5.75 Å². The van der Waals surface area contributed by atoms with Gasteiger partial charge in [-0.25, -0.2) is 0 Å². The molecule has 4 heteroatoms. The Balaban J connectivity index is 3.15. The molecule has 0 bridgehead atoms. The molecule has 1 aromatic carbocycles. The average Bonchev–Trinajstić information content (AvgIpc) is 2.47. The molecule has 2 N–H and O–H groups in total. The lowest BCUT2D eigenvalue weighted by Crippen LogP contribution is -2.28. The van der Waals surface area contributed by atoms with E-state index in [1.807, 2.05) is 12.1 Å². The molecule has 1 atom stereocenters. The van der Waals surface area contributed by atoms with Gasteiger partial charge in [-0.1, -0.05) is 13.0 Å².